The molecule has 2 N–H and O–H groups in total. The normalized spacial score (nSPS) is 19.8. The minimum atomic E-state index is 0. The standard InChI is InChI=1S/C24H40N4O3.HI/c1-25-23(27-19-24(12-15-29-2)10-4-5-11-24)26-18-22(28-13-16-31-17-14-28)20-6-8-21(30-3)9-7-20;/h6-9,22H,4-5,10-19H2,1-3H3,(H2,25,26,27);1H. The molecule has 3 rings (SSSR count). The van der Waals surface area contributed by atoms with Crippen LogP contribution in [0, 0.1) is 5.41 Å². The molecular weight excluding hydrogens is 519 g/mol. The number of guanidine groups is 1. The molecule has 1 heterocycles. The van der Waals surface area contributed by atoms with Gasteiger partial charge in [0.2, 0.25) is 0 Å². The maximum Gasteiger partial charge on any atom is 0.191 e. The molecule has 1 aromatic rings. The zero-order chi connectivity index (χ0) is 21.9. The minimum absolute atomic E-state index is 0. The van der Waals surface area contributed by atoms with E-state index in [1.54, 1.807) is 14.2 Å². The molecule has 0 bridgehead atoms. The predicted molar refractivity (Wildman–Crippen MR) is 140 cm³/mol. The lowest BCUT2D eigenvalue weighted by atomic mass is 9.83. The monoisotopic (exact) mass is 560 g/mol. The summed E-state index contributed by atoms with van der Waals surface area (Å²) in [7, 11) is 5.35. The highest BCUT2D eigenvalue weighted by molar-refractivity contribution is 14.0. The molecule has 0 spiro atoms. The van der Waals surface area contributed by atoms with Gasteiger partial charge in [-0.3, -0.25) is 9.89 Å². The SMILES string of the molecule is CN=C(NCC(c1ccc(OC)cc1)N1CCOCC1)NCC1(CCOC)CCCC1.I. The van der Waals surface area contributed by atoms with Crippen LogP contribution in [-0.4, -0.2) is 78.1 Å². The summed E-state index contributed by atoms with van der Waals surface area (Å²) in [6.45, 7) is 5.99. The predicted octanol–water partition coefficient (Wildman–Crippen LogP) is 3.45. The van der Waals surface area contributed by atoms with E-state index in [4.69, 9.17) is 14.2 Å². The first kappa shape index (κ1) is 27.1. The summed E-state index contributed by atoms with van der Waals surface area (Å²) in [6.07, 6.45) is 6.27. The smallest absolute Gasteiger partial charge is 0.191 e. The number of halogens is 1. The zero-order valence-corrected chi connectivity index (χ0v) is 22.2. The lowest BCUT2D eigenvalue weighted by Gasteiger charge is -2.35. The number of nitrogens with zero attached hydrogens (tertiary/aromatic N) is 2. The van der Waals surface area contributed by atoms with Gasteiger partial charge in [0.25, 0.3) is 0 Å². The van der Waals surface area contributed by atoms with Crippen LogP contribution in [0.15, 0.2) is 29.3 Å². The molecule has 1 atom stereocenters. The molecule has 2 fully saturated rings. The van der Waals surface area contributed by atoms with E-state index in [1.807, 2.05) is 19.2 Å². The van der Waals surface area contributed by atoms with Crippen molar-refractivity contribution in [1.29, 1.82) is 0 Å². The fraction of sp³-hybridized carbons (Fsp3) is 0.708. The molecule has 2 aliphatic rings. The van der Waals surface area contributed by atoms with E-state index in [2.05, 4.69) is 32.7 Å². The molecule has 1 aromatic carbocycles. The first-order valence-corrected chi connectivity index (χ1v) is 11.6. The Bertz CT molecular complexity index is 674. The van der Waals surface area contributed by atoms with Crippen molar-refractivity contribution in [2.75, 3.05) is 67.3 Å². The average molecular weight is 561 g/mol. The highest BCUT2D eigenvalue weighted by Gasteiger charge is 2.33. The van der Waals surface area contributed by atoms with Gasteiger partial charge in [-0.15, -0.1) is 24.0 Å². The van der Waals surface area contributed by atoms with E-state index in [0.717, 1.165) is 64.1 Å². The van der Waals surface area contributed by atoms with E-state index in [-0.39, 0.29) is 30.0 Å². The summed E-state index contributed by atoms with van der Waals surface area (Å²) in [5, 5.41) is 7.19. The molecule has 7 nitrogen and oxygen atoms in total. The van der Waals surface area contributed by atoms with Crippen molar-refractivity contribution in [3.63, 3.8) is 0 Å². The first-order valence-electron chi connectivity index (χ1n) is 11.6. The summed E-state index contributed by atoms with van der Waals surface area (Å²) < 4.78 is 16.3. The second-order valence-electron chi connectivity index (χ2n) is 8.69. The number of ether oxygens (including phenoxy) is 3. The van der Waals surface area contributed by atoms with Crippen molar-refractivity contribution in [2.24, 2.45) is 10.4 Å². The molecule has 1 aliphatic heterocycles. The maximum absolute atomic E-state index is 5.58. The number of hydrogen-bond donors (Lipinski definition) is 2. The Kier molecular flexibility index (Phi) is 12.1. The van der Waals surface area contributed by atoms with Gasteiger partial charge < -0.3 is 24.8 Å². The highest BCUT2D eigenvalue weighted by atomic mass is 127. The Morgan fingerprint density at radius 3 is 2.41 bits per heavy atom. The Labute approximate surface area is 210 Å². The molecule has 8 heteroatoms. The van der Waals surface area contributed by atoms with Crippen LogP contribution < -0.4 is 15.4 Å². The van der Waals surface area contributed by atoms with Crippen molar-refractivity contribution < 1.29 is 14.2 Å². The van der Waals surface area contributed by atoms with Crippen LogP contribution in [0.1, 0.15) is 43.7 Å². The fourth-order valence-corrected chi connectivity index (χ4v) is 4.82. The molecule has 0 aromatic heterocycles. The second-order valence-corrected chi connectivity index (χ2v) is 8.69. The number of nitrogens with one attached hydrogen (secondary N) is 2. The molecule has 182 valence electrons. The van der Waals surface area contributed by atoms with Crippen molar-refractivity contribution in [1.82, 2.24) is 15.5 Å². The largest absolute Gasteiger partial charge is 0.497 e. The Morgan fingerprint density at radius 2 is 1.81 bits per heavy atom. The summed E-state index contributed by atoms with van der Waals surface area (Å²) in [5.74, 6) is 1.75. The molecule has 1 aliphatic carbocycles. The Morgan fingerprint density at radius 1 is 1.12 bits per heavy atom. The molecule has 0 amide bonds. The summed E-state index contributed by atoms with van der Waals surface area (Å²) in [6, 6.07) is 8.65. The van der Waals surface area contributed by atoms with Crippen molar-refractivity contribution in [2.45, 2.75) is 38.1 Å². The van der Waals surface area contributed by atoms with E-state index in [0.29, 0.717) is 5.41 Å². The van der Waals surface area contributed by atoms with Gasteiger partial charge in [-0.2, -0.15) is 0 Å². The molecule has 1 unspecified atom stereocenters. The van der Waals surface area contributed by atoms with Gasteiger partial charge in [0.15, 0.2) is 5.96 Å². The zero-order valence-electron chi connectivity index (χ0n) is 19.9. The van der Waals surface area contributed by atoms with Gasteiger partial charge in [-0.25, -0.2) is 0 Å². The average Bonchev–Trinajstić information content (AvgIpc) is 3.30. The van der Waals surface area contributed by atoms with Crippen LogP contribution >= 0.6 is 24.0 Å². The number of morpholine rings is 1. The molecule has 1 saturated heterocycles. The van der Waals surface area contributed by atoms with Crippen molar-refractivity contribution in [3.8, 4) is 5.75 Å². The van der Waals surface area contributed by atoms with Gasteiger partial charge in [0.1, 0.15) is 5.75 Å². The summed E-state index contributed by atoms with van der Waals surface area (Å²) >= 11 is 0. The van der Waals surface area contributed by atoms with Crippen molar-refractivity contribution >= 4 is 29.9 Å². The van der Waals surface area contributed by atoms with Gasteiger partial charge in [0.05, 0.1) is 26.4 Å². The van der Waals surface area contributed by atoms with Gasteiger partial charge >= 0.3 is 0 Å². The van der Waals surface area contributed by atoms with E-state index < -0.39 is 0 Å². The quantitative estimate of drug-likeness (QED) is 0.260. The topological polar surface area (TPSA) is 67.4 Å². The number of hydrogen-bond acceptors (Lipinski definition) is 5. The van der Waals surface area contributed by atoms with Crippen molar-refractivity contribution in [3.05, 3.63) is 29.8 Å². The third-order valence-corrected chi connectivity index (χ3v) is 6.81. The molecule has 32 heavy (non-hydrogen) atoms. The third kappa shape index (κ3) is 7.74. The van der Waals surface area contributed by atoms with Gasteiger partial charge in [0, 0.05) is 46.9 Å². The second kappa shape index (κ2) is 14.2. The van der Waals surface area contributed by atoms with Crippen LogP contribution in [0.2, 0.25) is 0 Å². The van der Waals surface area contributed by atoms with E-state index in [1.165, 1.54) is 31.2 Å². The Balaban J connectivity index is 0.00000363. The summed E-state index contributed by atoms with van der Waals surface area (Å²) in [4.78, 5) is 6.99. The number of benzene rings is 1. The number of rotatable bonds is 10. The van der Waals surface area contributed by atoms with Gasteiger partial charge in [-0.1, -0.05) is 25.0 Å². The van der Waals surface area contributed by atoms with Crippen LogP contribution in [0.4, 0.5) is 0 Å². The van der Waals surface area contributed by atoms with Gasteiger partial charge in [-0.05, 0) is 42.4 Å². The van der Waals surface area contributed by atoms with E-state index in [9.17, 15) is 0 Å². The third-order valence-electron chi connectivity index (χ3n) is 6.81. The summed E-state index contributed by atoms with van der Waals surface area (Å²) in [5.41, 5.74) is 1.60. The van der Waals surface area contributed by atoms with Crippen LogP contribution in [0.5, 0.6) is 5.75 Å². The van der Waals surface area contributed by atoms with Crippen LogP contribution in [0.25, 0.3) is 0 Å². The van der Waals surface area contributed by atoms with Crippen LogP contribution in [0.3, 0.4) is 0 Å². The maximum atomic E-state index is 5.58. The van der Waals surface area contributed by atoms with E-state index >= 15 is 0 Å². The Hall–Kier alpha value is -1.10. The number of methoxy groups -OCH3 is 2. The molecular formula is C24H41IN4O3. The minimum Gasteiger partial charge on any atom is -0.497 e. The highest BCUT2D eigenvalue weighted by Crippen LogP contribution is 2.40. The fourth-order valence-electron chi connectivity index (χ4n) is 4.82. The molecule has 0 radical (unpaired) electrons. The lowest BCUT2D eigenvalue weighted by molar-refractivity contribution is 0.0170. The number of aliphatic imine (C=N–C) groups is 1. The first-order chi connectivity index (χ1) is 15.2. The van der Waals surface area contributed by atoms with Crippen LogP contribution in [-0.2, 0) is 9.47 Å². The lowest BCUT2D eigenvalue weighted by Crippen LogP contribution is -2.48. The molecule has 1 saturated carbocycles.